The molecule has 1 aromatic carbocycles. The van der Waals surface area contributed by atoms with E-state index in [9.17, 15) is 14.4 Å². The van der Waals surface area contributed by atoms with Crippen LogP contribution in [0.5, 0.6) is 0 Å². The summed E-state index contributed by atoms with van der Waals surface area (Å²) in [6, 6.07) is 8.76. The van der Waals surface area contributed by atoms with Crippen LogP contribution in [0.4, 0.5) is 4.79 Å². The average molecular weight is 443 g/mol. The molecule has 1 aliphatic rings. The summed E-state index contributed by atoms with van der Waals surface area (Å²) in [5.41, 5.74) is 1.73. The molecule has 0 unspecified atom stereocenters. The van der Waals surface area contributed by atoms with E-state index in [1.807, 2.05) is 30.3 Å². The van der Waals surface area contributed by atoms with Crippen LogP contribution in [0, 0.1) is 0 Å². The summed E-state index contributed by atoms with van der Waals surface area (Å²) >= 11 is 2.75. The van der Waals surface area contributed by atoms with E-state index in [1.165, 1.54) is 23.7 Å². The molecule has 0 fully saturated rings. The number of nitrogens with zero attached hydrogens (tertiary/aromatic N) is 2. The van der Waals surface area contributed by atoms with Gasteiger partial charge >= 0.3 is 6.03 Å². The van der Waals surface area contributed by atoms with Gasteiger partial charge in [0.2, 0.25) is 5.91 Å². The normalized spacial score (nSPS) is 14.2. The van der Waals surface area contributed by atoms with Crippen LogP contribution in [0.2, 0.25) is 0 Å². The average Bonchev–Trinajstić information content (AvgIpc) is 3.12. The number of benzene rings is 1. The summed E-state index contributed by atoms with van der Waals surface area (Å²) in [6.07, 6.45) is 4.09. The van der Waals surface area contributed by atoms with E-state index in [-0.39, 0.29) is 5.56 Å². The van der Waals surface area contributed by atoms with Crippen molar-refractivity contribution in [2.45, 2.75) is 43.0 Å². The standard InChI is InChI=1S/C21H22N4O3S2/c1-12(17(26)23-20(28)22-2)29-21-24-18-16(14-10-6-7-11-15(14)30-18)19(27)25(21)13-8-4-3-5-9-13/h3-5,8-9,12H,6-7,10-11H2,1-2H3,(H2,22,23,26,28)/t12-/m1/s1. The maximum Gasteiger partial charge on any atom is 0.321 e. The zero-order valence-corrected chi connectivity index (χ0v) is 18.4. The Morgan fingerprint density at radius 1 is 1.20 bits per heavy atom. The summed E-state index contributed by atoms with van der Waals surface area (Å²) in [4.78, 5) is 44.2. The van der Waals surface area contributed by atoms with Gasteiger partial charge in [-0.1, -0.05) is 30.0 Å². The number of carbonyl (C=O) groups is 2. The van der Waals surface area contributed by atoms with Crippen molar-refractivity contribution in [1.82, 2.24) is 20.2 Å². The molecule has 1 atom stereocenters. The van der Waals surface area contributed by atoms with Gasteiger partial charge in [0, 0.05) is 11.9 Å². The van der Waals surface area contributed by atoms with Crippen LogP contribution in [0.1, 0.15) is 30.2 Å². The number of aryl methyl sites for hydroxylation is 2. The highest BCUT2D eigenvalue weighted by Crippen LogP contribution is 2.35. The van der Waals surface area contributed by atoms with Crippen molar-refractivity contribution in [2.75, 3.05) is 7.05 Å². The van der Waals surface area contributed by atoms with Gasteiger partial charge in [-0.2, -0.15) is 0 Å². The van der Waals surface area contributed by atoms with E-state index < -0.39 is 17.2 Å². The number of urea groups is 1. The molecule has 0 saturated carbocycles. The number of carbonyl (C=O) groups excluding carboxylic acids is 2. The van der Waals surface area contributed by atoms with Gasteiger partial charge in [-0.05, 0) is 50.3 Å². The second-order valence-corrected chi connectivity index (χ2v) is 9.48. The molecule has 0 bridgehead atoms. The molecule has 3 aromatic rings. The van der Waals surface area contributed by atoms with E-state index in [1.54, 1.807) is 22.8 Å². The van der Waals surface area contributed by atoms with Crippen LogP contribution < -0.4 is 16.2 Å². The minimum absolute atomic E-state index is 0.105. The molecule has 2 N–H and O–H groups in total. The van der Waals surface area contributed by atoms with Crippen molar-refractivity contribution < 1.29 is 9.59 Å². The van der Waals surface area contributed by atoms with Gasteiger partial charge in [0.1, 0.15) is 4.83 Å². The molecule has 0 saturated heterocycles. The number of nitrogens with one attached hydrogen (secondary N) is 2. The maximum atomic E-state index is 13.6. The molecule has 7 nitrogen and oxygen atoms in total. The van der Waals surface area contributed by atoms with Crippen molar-refractivity contribution in [3.05, 3.63) is 51.1 Å². The lowest BCUT2D eigenvalue weighted by molar-refractivity contribution is -0.119. The largest absolute Gasteiger partial charge is 0.341 e. The minimum Gasteiger partial charge on any atom is -0.341 e. The molecule has 4 rings (SSSR count). The Kier molecular flexibility index (Phi) is 5.92. The van der Waals surface area contributed by atoms with E-state index in [0.717, 1.165) is 36.1 Å². The number of thiophene rings is 1. The number of thioether (sulfide) groups is 1. The lowest BCUT2D eigenvalue weighted by atomic mass is 9.97. The molecule has 0 spiro atoms. The first-order valence-electron chi connectivity index (χ1n) is 9.81. The fraction of sp³-hybridized carbons (Fsp3) is 0.333. The Morgan fingerprint density at radius 3 is 2.67 bits per heavy atom. The van der Waals surface area contributed by atoms with Crippen LogP contribution in [-0.4, -0.2) is 33.8 Å². The van der Waals surface area contributed by atoms with E-state index in [2.05, 4.69) is 10.6 Å². The highest BCUT2D eigenvalue weighted by Gasteiger charge is 2.25. The third-order valence-corrected chi connectivity index (χ3v) is 7.33. The Balaban J connectivity index is 1.83. The lowest BCUT2D eigenvalue weighted by Crippen LogP contribution is -2.41. The van der Waals surface area contributed by atoms with Crippen LogP contribution in [0.25, 0.3) is 15.9 Å². The zero-order valence-electron chi connectivity index (χ0n) is 16.7. The topological polar surface area (TPSA) is 93.1 Å². The monoisotopic (exact) mass is 442 g/mol. The van der Waals surface area contributed by atoms with E-state index in [0.29, 0.717) is 16.2 Å². The molecule has 0 radical (unpaired) electrons. The summed E-state index contributed by atoms with van der Waals surface area (Å²) in [5.74, 6) is -0.446. The van der Waals surface area contributed by atoms with Crippen molar-refractivity contribution >= 4 is 45.3 Å². The number of hydrogen-bond acceptors (Lipinski definition) is 6. The first-order chi connectivity index (χ1) is 14.5. The Labute approximate surface area is 181 Å². The van der Waals surface area contributed by atoms with Gasteiger partial charge < -0.3 is 5.32 Å². The van der Waals surface area contributed by atoms with Gasteiger partial charge in [0.05, 0.1) is 16.3 Å². The molecule has 156 valence electrons. The number of imide groups is 1. The molecular formula is C21H22N4O3S2. The molecule has 30 heavy (non-hydrogen) atoms. The highest BCUT2D eigenvalue weighted by molar-refractivity contribution is 8.00. The van der Waals surface area contributed by atoms with Crippen molar-refractivity contribution in [1.29, 1.82) is 0 Å². The van der Waals surface area contributed by atoms with Gasteiger partial charge in [-0.25, -0.2) is 9.78 Å². The zero-order chi connectivity index (χ0) is 21.3. The van der Waals surface area contributed by atoms with Crippen LogP contribution in [0.3, 0.4) is 0 Å². The van der Waals surface area contributed by atoms with Gasteiger partial charge in [-0.15, -0.1) is 11.3 Å². The first-order valence-corrected chi connectivity index (χ1v) is 11.5. The number of fused-ring (bicyclic) bond motifs is 3. The van der Waals surface area contributed by atoms with Gasteiger partial charge in [0.25, 0.3) is 5.56 Å². The first kappa shape index (κ1) is 20.6. The molecular weight excluding hydrogens is 420 g/mol. The molecule has 2 aromatic heterocycles. The molecule has 9 heteroatoms. The molecule has 1 aliphatic carbocycles. The predicted octanol–water partition coefficient (Wildman–Crippen LogP) is 3.26. The maximum absolute atomic E-state index is 13.6. The van der Waals surface area contributed by atoms with Crippen molar-refractivity contribution in [3.63, 3.8) is 0 Å². The molecule has 3 amide bonds. The minimum atomic E-state index is -0.615. The summed E-state index contributed by atoms with van der Waals surface area (Å²) in [7, 11) is 1.45. The lowest BCUT2D eigenvalue weighted by Gasteiger charge is -2.16. The molecule has 0 aliphatic heterocycles. The predicted molar refractivity (Wildman–Crippen MR) is 120 cm³/mol. The van der Waals surface area contributed by atoms with Crippen molar-refractivity contribution in [3.8, 4) is 5.69 Å². The summed E-state index contributed by atoms with van der Waals surface area (Å²) in [5, 5.41) is 5.17. The van der Waals surface area contributed by atoms with E-state index >= 15 is 0 Å². The second kappa shape index (κ2) is 8.61. The number of aromatic nitrogens is 2. The summed E-state index contributed by atoms with van der Waals surface area (Å²) < 4.78 is 1.58. The van der Waals surface area contributed by atoms with Crippen LogP contribution in [0.15, 0.2) is 40.3 Å². The number of rotatable bonds is 4. The number of hydrogen-bond donors (Lipinski definition) is 2. The fourth-order valence-electron chi connectivity index (χ4n) is 3.56. The quantitative estimate of drug-likeness (QED) is 0.478. The fourth-order valence-corrected chi connectivity index (χ4v) is 5.79. The molecule has 2 heterocycles. The Morgan fingerprint density at radius 2 is 1.93 bits per heavy atom. The van der Waals surface area contributed by atoms with Crippen LogP contribution >= 0.6 is 23.1 Å². The third-order valence-electron chi connectivity index (χ3n) is 5.09. The van der Waals surface area contributed by atoms with Crippen LogP contribution in [-0.2, 0) is 17.6 Å². The van der Waals surface area contributed by atoms with Gasteiger partial charge in [0.15, 0.2) is 5.16 Å². The van der Waals surface area contributed by atoms with E-state index in [4.69, 9.17) is 4.98 Å². The Hall–Kier alpha value is -2.65. The summed E-state index contributed by atoms with van der Waals surface area (Å²) in [6.45, 7) is 1.69. The number of para-hydroxylation sites is 1. The number of amides is 3. The smallest absolute Gasteiger partial charge is 0.321 e. The highest BCUT2D eigenvalue weighted by atomic mass is 32.2. The Bertz CT molecular complexity index is 1170. The van der Waals surface area contributed by atoms with Crippen molar-refractivity contribution in [2.24, 2.45) is 0 Å². The second-order valence-electron chi connectivity index (χ2n) is 7.09. The van der Waals surface area contributed by atoms with Gasteiger partial charge in [-0.3, -0.25) is 19.5 Å². The SMILES string of the molecule is CNC(=O)NC(=O)[C@@H](C)Sc1nc2sc3c(c2c(=O)n1-c1ccccc1)CCCC3. The third kappa shape index (κ3) is 3.87.